The van der Waals surface area contributed by atoms with Crippen LogP contribution in [0, 0.1) is 23.3 Å². The van der Waals surface area contributed by atoms with Crippen LogP contribution in [-0.2, 0) is 25.4 Å². The highest BCUT2D eigenvalue weighted by Crippen LogP contribution is 2.45. The number of halogens is 4. The zero-order valence-electron chi connectivity index (χ0n) is 26.1. The third kappa shape index (κ3) is 7.34. The third-order valence-electron chi connectivity index (χ3n) is 9.41. The number of nitrogens with one attached hydrogen (secondary N) is 1. The summed E-state index contributed by atoms with van der Waals surface area (Å²) in [5.41, 5.74) is 6.28. The predicted molar refractivity (Wildman–Crippen MR) is 166 cm³/mol. The Morgan fingerprint density at radius 2 is 1.67 bits per heavy atom. The van der Waals surface area contributed by atoms with Crippen molar-refractivity contribution in [1.29, 1.82) is 0 Å². The smallest absolute Gasteiger partial charge is 0.407 e. The molecule has 0 radical (unpaired) electrons. The number of amides is 2. The molecule has 3 fully saturated rings. The van der Waals surface area contributed by atoms with Crippen molar-refractivity contribution in [3.05, 3.63) is 101 Å². The highest BCUT2D eigenvalue weighted by atomic mass is 19.1. The van der Waals surface area contributed by atoms with Crippen LogP contribution in [-0.4, -0.2) is 71.8 Å². The van der Waals surface area contributed by atoms with E-state index in [4.69, 9.17) is 19.9 Å². The van der Waals surface area contributed by atoms with Crippen LogP contribution in [0.15, 0.2) is 60.7 Å². The van der Waals surface area contributed by atoms with E-state index in [0.717, 1.165) is 30.7 Å². The van der Waals surface area contributed by atoms with Gasteiger partial charge in [-0.1, -0.05) is 18.2 Å². The Kier molecular flexibility index (Phi) is 9.75. The van der Waals surface area contributed by atoms with Crippen LogP contribution in [0.5, 0.6) is 0 Å². The van der Waals surface area contributed by atoms with Gasteiger partial charge in [0.05, 0.1) is 44.1 Å². The number of benzene rings is 3. The van der Waals surface area contributed by atoms with Crippen molar-refractivity contribution in [2.45, 2.75) is 68.0 Å². The average molecular weight is 672 g/mol. The van der Waals surface area contributed by atoms with E-state index in [0.29, 0.717) is 44.1 Å². The molecule has 256 valence electrons. The molecule has 48 heavy (non-hydrogen) atoms. The molecule has 2 amide bonds. The van der Waals surface area contributed by atoms with E-state index in [-0.39, 0.29) is 42.7 Å². The van der Waals surface area contributed by atoms with Crippen molar-refractivity contribution in [3.63, 3.8) is 0 Å². The van der Waals surface area contributed by atoms with E-state index in [9.17, 15) is 27.9 Å². The maximum absolute atomic E-state index is 15.3. The molecule has 3 aromatic carbocycles. The zero-order chi connectivity index (χ0) is 34.1. The number of carboxylic acid groups (broad SMARTS) is 1. The molecule has 4 N–H and O–H groups in total. The molecule has 3 aliphatic rings. The SMILES string of the molecule is NC(C(=O)Nc1cccc(F)c1CC[C@@H]1CN(C(=O)O)CC2(CCCC3(C2)OCCO3)O1)C(c1ccc(F)cc1)c1cc(F)cc(F)c1. The summed E-state index contributed by atoms with van der Waals surface area (Å²) in [5.74, 6) is -5.56. The Morgan fingerprint density at radius 3 is 2.35 bits per heavy atom. The summed E-state index contributed by atoms with van der Waals surface area (Å²) in [6.45, 7) is 1.15. The Morgan fingerprint density at radius 1 is 0.958 bits per heavy atom. The molecule has 0 bridgehead atoms. The van der Waals surface area contributed by atoms with E-state index in [1.807, 2.05) is 0 Å². The minimum atomic E-state index is -1.42. The van der Waals surface area contributed by atoms with E-state index in [1.54, 1.807) is 0 Å². The van der Waals surface area contributed by atoms with Gasteiger partial charge in [0.15, 0.2) is 5.79 Å². The number of ether oxygens (including phenoxy) is 3. The first kappa shape index (κ1) is 33.8. The normalized spacial score (nSPS) is 23.3. The molecule has 2 heterocycles. The summed E-state index contributed by atoms with van der Waals surface area (Å²) in [6.07, 6.45) is 1.06. The molecule has 3 aromatic rings. The molecular formula is C35H37F4N3O6. The first-order chi connectivity index (χ1) is 22.9. The van der Waals surface area contributed by atoms with Gasteiger partial charge in [-0.15, -0.1) is 0 Å². The largest absolute Gasteiger partial charge is 0.465 e. The quantitative estimate of drug-likeness (QED) is 0.262. The van der Waals surface area contributed by atoms with Crippen molar-refractivity contribution in [1.82, 2.24) is 4.90 Å². The molecule has 9 nitrogen and oxygen atoms in total. The van der Waals surface area contributed by atoms with Gasteiger partial charge >= 0.3 is 6.09 Å². The number of rotatable bonds is 8. The number of morpholine rings is 1. The Balaban J connectivity index is 1.21. The minimum absolute atomic E-state index is 0.0606. The molecule has 1 saturated carbocycles. The van der Waals surface area contributed by atoms with Gasteiger partial charge in [-0.2, -0.15) is 0 Å². The number of carbonyl (C=O) groups excluding carboxylic acids is 1. The minimum Gasteiger partial charge on any atom is -0.465 e. The number of nitrogens with two attached hydrogens (primary N) is 1. The molecule has 2 aliphatic heterocycles. The first-order valence-electron chi connectivity index (χ1n) is 15.9. The molecule has 4 atom stereocenters. The number of anilines is 1. The molecular weight excluding hydrogens is 634 g/mol. The van der Waals surface area contributed by atoms with Crippen LogP contribution in [0.4, 0.5) is 28.0 Å². The highest BCUT2D eigenvalue weighted by Gasteiger charge is 2.53. The highest BCUT2D eigenvalue weighted by molar-refractivity contribution is 5.96. The van der Waals surface area contributed by atoms with E-state index >= 15 is 4.39 Å². The van der Waals surface area contributed by atoms with Crippen molar-refractivity contribution in [2.75, 3.05) is 31.6 Å². The van der Waals surface area contributed by atoms with Crippen LogP contribution >= 0.6 is 0 Å². The van der Waals surface area contributed by atoms with Gasteiger partial charge in [-0.05, 0) is 73.2 Å². The van der Waals surface area contributed by atoms with E-state index in [1.165, 1.54) is 35.2 Å². The molecule has 1 aliphatic carbocycles. The van der Waals surface area contributed by atoms with Crippen LogP contribution < -0.4 is 11.1 Å². The van der Waals surface area contributed by atoms with Gasteiger partial charge in [-0.3, -0.25) is 4.79 Å². The number of hydrogen-bond acceptors (Lipinski definition) is 6. The molecule has 2 saturated heterocycles. The fraction of sp³-hybridized carbons (Fsp3) is 0.429. The van der Waals surface area contributed by atoms with Crippen LogP contribution in [0.25, 0.3) is 0 Å². The van der Waals surface area contributed by atoms with Gasteiger partial charge in [-0.25, -0.2) is 22.4 Å². The molecule has 6 rings (SSSR count). The summed E-state index contributed by atoms with van der Waals surface area (Å²) in [5, 5.41) is 12.6. The molecule has 2 spiro atoms. The predicted octanol–water partition coefficient (Wildman–Crippen LogP) is 5.71. The van der Waals surface area contributed by atoms with Crippen molar-refractivity contribution in [3.8, 4) is 0 Å². The lowest BCUT2D eigenvalue weighted by Crippen LogP contribution is -2.61. The van der Waals surface area contributed by atoms with E-state index in [2.05, 4.69) is 5.32 Å². The summed E-state index contributed by atoms with van der Waals surface area (Å²) in [4.78, 5) is 27.1. The van der Waals surface area contributed by atoms with Crippen molar-refractivity contribution >= 4 is 17.7 Å². The van der Waals surface area contributed by atoms with Crippen LogP contribution in [0.3, 0.4) is 0 Å². The second kappa shape index (κ2) is 13.8. The van der Waals surface area contributed by atoms with Gasteiger partial charge in [0, 0.05) is 36.1 Å². The maximum Gasteiger partial charge on any atom is 0.407 e. The van der Waals surface area contributed by atoms with Gasteiger partial charge < -0.3 is 35.3 Å². The first-order valence-corrected chi connectivity index (χ1v) is 15.9. The fourth-order valence-corrected chi connectivity index (χ4v) is 7.34. The van der Waals surface area contributed by atoms with Crippen molar-refractivity contribution < 1.29 is 46.5 Å². The molecule has 0 aromatic heterocycles. The fourth-order valence-electron chi connectivity index (χ4n) is 7.34. The Labute approximate surface area is 275 Å². The topological polar surface area (TPSA) is 123 Å². The number of carbonyl (C=O) groups is 2. The Bertz CT molecular complexity index is 1630. The summed E-state index contributed by atoms with van der Waals surface area (Å²) in [7, 11) is 0. The van der Waals surface area contributed by atoms with Crippen LogP contribution in [0.2, 0.25) is 0 Å². The molecule has 13 heteroatoms. The van der Waals surface area contributed by atoms with E-state index < -0.39 is 64.7 Å². The van der Waals surface area contributed by atoms with Gasteiger partial charge in [0.2, 0.25) is 5.91 Å². The summed E-state index contributed by atoms with van der Waals surface area (Å²) < 4.78 is 76.0. The monoisotopic (exact) mass is 671 g/mol. The average Bonchev–Trinajstić information content (AvgIpc) is 3.47. The van der Waals surface area contributed by atoms with Gasteiger partial charge in [0.25, 0.3) is 0 Å². The lowest BCUT2D eigenvalue weighted by Gasteiger charge is -2.51. The summed E-state index contributed by atoms with van der Waals surface area (Å²) >= 11 is 0. The third-order valence-corrected chi connectivity index (χ3v) is 9.41. The zero-order valence-corrected chi connectivity index (χ0v) is 26.1. The second-order valence-electron chi connectivity index (χ2n) is 12.8. The summed E-state index contributed by atoms with van der Waals surface area (Å²) in [6, 6.07) is 10.6. The number of hydrogen-bond donors (Lipinski definition) is 3. The van der Waals surface area contributed by atoms with Crippen molar-refractivity contribution in [2.24, 2.45) is 5.73 Å². The number of nitrogens with zero attached hydrogens (tertiary/aromatic N) is 1. The maximum atomic E-state index is 15.3. The second-order valence-corrected chi connectivity index (χ2v) is 12.8. The van der Waals surface area contributed by atoms with Gasteiger partial charge in [0.1, 0.15) is 23.3 Å². The molecule has 3 unspecified atom stereocenters. The standard InChI is InChI=1S/C35H37F4N3O6/c36-23-7-5-21(6-8-23)30(22-15-24(37)17-25(38)16-22)31(40)32(43)41-29-4-1-3-28(39)27(29)10-9-26-18-42(33(44)45)20-34(48-26)11-2-12-35(19-34)46-13-14-47-35/h1,3-8,15-17,26,30-31H,2,9-14,18-20,40H2,(H,41,43)(H,44,45)/t26-,30?,31?,34?/m1/s1. The Hall–Kier alpha value is -4.04. The lowest BCUT2D eigenvalue weighted by molar-refractivity contribution is -0.253. The van der Waals surface area contributed by atoms with Crippen LogP contribution in [0.1, 0.15) is 54.7 Å². The lowest BCUT2D eigenvalue weighted by atomic mass is 9.79.